The molecule has 0 radical (unpaired) electrons. The fraction of sp³-hybridized carbons (Fsp3) is 0.0435. The molecule has 3 aromatic carbocycles. The molecule has 5 heteroatoms. The second-order valence-corrected chi connectivity index (χ2v) is 7.42. The molecule has 138 valence electrons. The lowest BCUT2D eigenvalue weighted by Gasteiger charge is -2.09. The van der Waals surface area contributed by atoms with E-state index in [1.54, 1.807) is 18.2 Å². The van der Waals surface area contributed by atoms with Crippen molar-refractivity contribution < 1.29 is 4.79 Å². The van der Waals surface area contributed by atoms with Gasteiger partial charge in [-0.25, -0.2) is 0 Å². The van der Waals surface area contributed by atoms with E-state index in [1.165, 1.54) is 0 Å². The van der Waals surface area contributed by atoms with Gasteiger partial charge in [0.2, 0.25) is 0 Å². The van der Waals surface area contributed by atoms with Crippen LogP contribution < -0.4 is 5.32 Å². The van der Waals surface area contributed by atoms with Gasteiger partial charge in [0.1, 0.15) is 11.6 Å². The van der Waals surface area contributed by atoms with Gasteiger partial charge in [-0.3, -0.25) is 4.79 Å². The number of hydrogen-bond donors (Lipinski definition) is 1. The molecule has 0 spiro atoms. The van der Waals surface area contributed by atoms with Crippen LogP contribution in [-0.2, 0) is 11.2 Å². The van der Waals surface area contributed by atoms with Crippen LogP contribution in [0, 0.1) is 11.3 Å². The summed E-state index contributed by atoms with van der Waals surface area (Å²) in [4.78, 5) is 12.5. The molecule has 0 fully saturated rings. The van der Waals surface area contributed by atoms with Crippen molar-refractivity contribution in [3.63, 3.8) is 0 Å². The number of benzene rings is 3. The first kappa shape index (κ1) is 19.9. The highest BCUT2D eigenvalue weighted by Crippen LogP contribution is 2.23. The lowest BCUT2D eigenvalue weighted by Crippen LogP contribution is -2.13. The number of halogens is 2. The third kappa shape index (κ3) is 5.10. The minimum absolute atomic E-state index is 0.0366. The second-order valence-electron chi connectivity index (χ2n) is 6.10. The molecule has 0 heterocycles. The van der Waals surface area contributed by atoms with Crippen molar-refractivity contribution in [1.82, 2.24) is 0 Å². The van der Waals surface area contributed by atoms with Crippen LogP contribution in [0.15, 0.2) is 82.8 Å². The van der Waals surface area contributed by atoms with E-state index < -0.39 is 5.91 Å². The summed E-state index contributed by atoms with van der Waals surface area (Å²) in [6, 6.07) is 24.5. The van der Waals surface area contributed by atoms with Crippen molar-refractivity contribution in [2.45, 2.75) is 6.42 Å². The predicted molar refractivity (Wildman–Crippen MR) is 117 cm³/mol. The molecule has 0 saturated heterocycles. The monoisotopic (exact) mass is 450 g/mol. The Kier molecular flexibility index (Phi) is 6.65. The van der Waals surface area contributed by atoms with Crippen molar-refractivity contribution in [2.24, 2.45) is 0 Å². The molecule has 0 bridgehead atoms. The highest BCUT2D eigenvalue weighted by atomic mass is 79.9. The number of carbonyl (C=O) groups is 1. The van der Waals surface area contributed by atoms with Crippen LogP contribution in [0.2, 0.25) is 5.02 Å². The molecule has 1 N–H and O–H groups in total. The van der Waals surface area contributed by atoms with E-state index in [0.29, 0.717) is 17.1 Å². The highest BCUT2D eigenvalue weighted by Gasteiger charge is 2.11. The first-order chi connectivity index (χ1) is 13.6. The van der Waals surface area contributed by atoms with E-state index in [-0.39, 0.29) is 5.57 Å². The average Bonchev–Trinajstić information content (AvgIpc) is 2.70. The first-order valence-corrected chi connectivity index (χ1v) is 9.74. The fourth-order valence-corrected chi connectivity index (χ4v) is 3.19. The number of amides is 1. The quantitative estimate of drug-likeness (QED) is 0.369. The van der Waals surface area contributed by atoms with Gasteiger partial charge in [-0.1, -0.05) is 70.0 Å². The zero-order valence-corrected chi connectivity index (χ0v) is 17.2. The van der Waals surface area contributed by atoms with Gasteiger partial charge in [-0.05, 0) is 59.5 Å². The molecule has 0 aliphatic carbocycles. The maximum Gasteiger partial charge on any atom is 0.266 e. The Bertz CT molecular complexity index is 1070. The van der Waals surface area contributed by atoms with Crippen LogP contribution in [0.4, 0.5) is 5.69 Å². The van der Waals surface area contributed by atoms with E-state index in [9.17, 15) is 10.1 Å². The largest absolute Gasteiger partial charge is 0.321 e. The molecule has 0 atom stereocenters. The second kappa shape index (κ2) is 9.36. The van der Waals surface area contributed by atoms with Crippen molar-refractivity contribution in [1.29, 1.82) is 5.26 Å². The van der Waals surface area contributed by atoms with Crippen LogP contribution in [0.5, 0.6) is 0 Å². The molecule has 0 aliphatic rings. The number of nitrogens with one attached hydrogen (secondary N) is 1. The molecular formula is C23H16BrClN2O. The van der Waals surface area contributed by atoms with Crippen LogP contribution in [0.25, 0.3) is 6.08 Å². The summed E-state index contributed by atoms with van der Waals surface area (Å²) in [6.45, 7) is 0. The number of carbonyl (C=O) groups excluding carboxylic acids is 1. The number of rotatable bonds is 5. The van der Waals surface area contributed by atoms with E-state index in [2.05, 4.69) is 21.2 Å². The fourth-order valence-electron chi connectivity index (χ4n) is 2.72. The summed E-state index contributed by atoms with van der Waals surface area (Å²) in [5.74, 6) is -0.447. The molecule has 0 saturated carbocycles. The van der Waals surface area contributed by atoms with Gasteiger partial charge >= 0.3 is 0 Å². The van der Waals surface area contributed by atoms with Gasteiger partial charge in [0.15, 0.2) is 0 Å². The van der Waals surface area contributed by atoms with Gasteiger partial charge in [-0.15, -0.1) is 0 Å². The molecule has 28 heavy (non-hydrogen) atoms. The third-order valence-electron chi connectivity index (χ3n) is 4.16. The van der Waals surface area contributed by atoms with Gasteiger partial charge in [0.25, 0.3) is 5.91 Å². The summed E-state index contributed by atoms with van der Waals surface area (Å²) in [6.07, 6.45) is 2.22. The lowest BCUT2D eigenvalue weighted by atomic mass is 9.98. The van der Waals surface area contributed by atoms with Gasteiger partial charge in [0.05, 0.1) is 0 Å². The molecule has 3 aromatic rings. The normalized spacial score (nSPS) is 11.0. The van der Waals surface area contributed by atoms with Crippen molar-refractivity contribution in [3.05, 3.63) is 105 Å². The zero-order chi connectivity index (χ0) is 19.9. The lowest BCUT2D eigenvalue weighted by molar-refractivity contribution is -0.112. The van der Waals surface area contributed by atoms with E-state index in [1.807, 2.05) is 66.7 Å². The van der Waals surface area contributed by atoms with E-state index >= 15 is 0 Å². The summed E-state index contributed by atoms with van der Waals surface area (Å²) in [7, 11) is 0. The topological polar surface area (TPSA) is 52.9 Å². The first-order valence-electron chi connectivity index (χ1n) is 8.57. The standard InChI is InChI=1S/C23H16BrClN2O/c24-20-9-11-21(12-10-20)27-23(28)19(15-26)14-17-6-2-1-5-16(17)13-18-7-3-4-8-22(18)25/h1-12,14H,13H2,(H,27,28)/b19-14+. The molecule has 0 unspecified atom stereocenters. The van der Waals surface area contributed by atoms with Crippen molar-refractivity contribution in [3.8, 4) is 6.07 Å². The summed E-state index contributed by atoms with van der Waals surface area (Å²) < 4.78 is 0.912. The minimum atomic E-state index is -0.447. The third-order valence-corrected chi connectivity index (χ3v) is 5.06. The van der Waals surface area contributed by atoms with Gasteiger partial charge in [-0.2, -0.15) is 5.26 Å². The van der Waals surface area contributed by atoms with Crippen LogP contribution >= 0.6 is 27.5 Å². The van der Waals surface area contributed by atoms with E-state index in [0.717, 1.165) is 21.2 Å². The van der Waals surface area contributed by atoms with E-state index in [4.69, 9.17) is 11.6 Å². The summed E-state index contributed by atoms with van der Waals surface area (Å²) in [5, 5.41) is 12.9. The average molecular weight is 452 g/mol. The predicted octanol–water partition coefficient (Wildman–Crippen LogP) is 6.24. The Morgan fingerprint density at radius 3 is 2.32 bits per heavy atom. The number of nitriles is 1. The summed E-state index contributed by atoms with van der Waals surface area (Å²) in [5.41, 5.74) is 3.45. The Morgan fingerprint density at radius 2 is 1.64 bits per heavy atom. The number of anilines is 1. The van der Waals surface area contributed by atoms with Crippen LogP contribution in [0.3, 0.4) is 0 Å². The van der Waals surface area contributed by atoms with Gasteiger partial charge < -0.3 is 5.32 Å². The van der Waals surface area contributed by atoms with Crippen LogP contribution in [0.1, 0.15) is 16.7 Å². The summed E-state index contributed by atoms with van der Waals surface area (Å²) >= 11 is 9.63. The zero-order valence-electron chi connectivity index (χ0n) is 14.8. The molecule has 0 aromatic heterocycles. The Hall–Kier alpha value is -2.87. The Morgan fingerprint density at radius 1 is 1.00 bits per heavy atom. The molecule has 3 rings (SSSR count). The molecule has 0 aliphatic heterocycles. The van der Waals surface area contributed by atoms with Crippen LogP contribution in [-0.4, -0.2) is 5.91 Å². The highest BCUT2D eigenvalue weighted by molar-refractivity contribution is 9.10. The maximum absolute atomic E-state index is 12.5. The smallest absolute Gasteiger partial charge is 0.266 e. The Balaban J connectivity index is 1.86. The number of nitrogens with zero attached hydrogens (tertiary/aromatic N) is 1. The molecular weight excluding hydrogens is 436 g/mol. The Labute approximate surface area is 177 Å². The van der Waals surface area contributed by atoms with Gasteiger partial charge in [0, 0.05) is 15.2 Å². The SMILES string of the molecule is N#C/C(=C\c1ccccc1Cc1ccccc1Cl)C(=O)Nc1ccc(Br)cc1. The number of hydrogen-bond acceptors (Lipinski definition) is 2. The maximum atomic E-state index is 12.5. The molecule has 3 nitrogen and oxygen atoms in total. The molecule has 1 amide bonds. The van der Waals surface area contributed by atoms with Crippen molar-refractivity contribution in [2.75, 3.05) is 5.32 Å². The minimum Gasteiger partial charge on any atom is -0.321 e. The van der Waals surface area contributed by atoms with Crippen molar-refractivity contribution >= 4 is 45.2 Å².